The Morgan fingerprint density at radius 3 is 2.44 bits per heavy atom. The number of hydrogen-bond donors (Lipinski definition) is 1. The SMILES string of the molecule is COc1ccc(/C=N/NC(=O)COc2cc(C)c(Cl)c(C)c2)cc1C. The molecular weight excluding hydrogens is 340 g/mol. The van der Waals surface area contributed by atoms with E-state index in [-0.39, 0.29) is 12.5 Å². The number of aryl methyl sites for hydroxylation is 3. The van der Waals surface area contributed by atoms with E-state index in [0.29, 0.717) is 10.8 Å². The van der Waals surface area contributed by atoms with E-state index in [4.69, 9.17) is 21.1 Å². The van der Waals surface area contributed by atoms with Crippen LogP contribution in [0.1, 0.15) is 22.3 Å². The van der Waals surface area contributed by atoms with Gasteiger partial charge in [0.25, 0.3) is 5.91 Å². The maximum Gasteiger partial charge on any atom is 0.277 e. The monoisotopic (exact) mass is 360 g/mol. The molecule has 2 aromatic rings. The van der Waals surface area contributed by atoms with Gasteiger partial charge in [0.2, 0.25) is 0 Å². The first kappa shape index (κ1) is 18.8. The van der Waals surface area contributed by atoms with Crippen molar-refractivity contribution in [2.24, 2.45) is 5.10 Å². The lowest BCUT2D eigenvalue weighted by Gasteiger charge is -2.09. The van der Waals surface area contributed by atoms with Crippen LogP contribution in [0.25, 0.3) is 0 Å². The molecule has 6 heteroatoms. The summed E-state index contributed by atoms with van der Waals surface area (Å²) in [5.41, 5.74) is 6.11. The number of halogens is 1. The van der Waals surface area contributed by atoms with Crippen LogP contribution in [0.5, 0.6) is 11.5 Å². The molecule has 0 aliphatic carbocycles. The maximum absolute atomic E-state index is 11.8. The summed E-state index contributed by atoms with van der Waals surface area (Å²) in [6.45, 7) is 5.60. The number of methoxy groups -OCH3 is 1. The second-order valence-electron chi connectivity index (χ2n) is 5.68. The number of amides is 1. The Morgan fingerprint density at radius 2 is 1.84 bits per heavy atom. The number of hydrogen-bond acceptors (Lipinski definition) is 4. The van der Waals surface area contributed by atoms with Gasteiger partial charge in [0.05, 0.1) is 13.3 Å². The zero-order chi connectivity index (χ0) is 18.4. The molecule has 0 saturated carbocycles. The molecule has 0 heterocycles. The number of benzene rings is 2. The third kappa shape index (κ3) is 5.22. The molecule has 0 spiro atoms. The number of ether oxygens (including phenoxy) is 2. The fraction of sp³-hybridized carbons (Fsp3) is 0.263. The summed E-state index contributed by atoms with van der Waals surface area (Å²) >= 11 is 6.11. The minimum atomic E-state index is -0.341. The Hall–Kier alpha value is -2.53. The molecule has 0 aliphatic heterocycles. The van der Waals surface area contributed by atoms with Crippen molar-refractivity contribution in [3.63, 3.8) is 0 Å². The van der Waals surface area contributed by atoms with Gasteiger partial charge < -0.3 is 9.47 Å². The maximum atomic E-state index is 11.8. The van der Waals surface area contributed by atoms with Crippen LogP contribution in [-0.2, 0) is 4.79 Å². The molecule has 0 aliphatic rings. The third-order valence-corrected chi connectivity index (χ3v) is 4.20. The summed E-state index contributed by atoms with van der Waals surface area (Å²) < 4.78 is 10.7. The minimum absolute atomic E-state index is 0.126. The Kier molecular flexibility index (Phi) is 6.42. The zero-order valence-corrected chi connectivity index (χ0v) is 15.5. The van der Waals surface area contributed by atoms with Gasteiger partial charge in [0.1, 0.15) is 11.5 Å². The molecular formula is C19H21ClN2O3. The van der Waals surface area contributed by atoms with Crippen LogP contribution in [0, 0.1) is 20.8 Å². The van der Waals surface area contributed by atoms with Crippen LogP contribution in [0.2, 0.25) is 5.02 Å². The van der Waals surface area contributed by atoms with E-state index in [1.54, 1.807) is 25.5 Å². The van der Waals surface area contributed by atoms with Crippen LogP contribution in [-0.4, -0.2) is 25.8 Å². The van der Waals surface area contributed by atoms with Gasteiger partial charge in [-0.1, -0.05) is 11.6 Å². The zero-order valence-electron chi connectivity index (χ0n) is 14.7. The number of hydrazone groups is 1. The molecule has 132 valence electrons. The number of carbonyl (C=O) groups is 1. The van der Waals surface area contributed by atoms with Crippen molar-refractivity contribution in [3.8, 4) is 11.5 Å². The van der Waals surface area contributed by atoms with Crippen LogP contribution in [0.3, 0.4) is 0 Å². The first-order valence-corrected chi connectivity index (χ1v) is 8.14. The predicted molar refractivity (Wildman–Crippen MR) is 99.9 cm³/mol. The lowest BCUT2D eigenvalue weighted by Crippen LogP contribution is -2.24. The molecule has 0 aromatic heterocycles. The molecule has 0 bridgehead atoms. The highest BCUT2D eigenvalue weighted by atomic mass is 35.5. The van der Waals surface area contributed by atoms with Crippen molar-refractivity contribution in [3.05, 3.63) is 57.6 Å². The Bertz CT molecular complexity index is 780. The molecule has 0 fully saturated rings. The van der Waals surface area contributed by atoms with E-state index in [2.05, 4.69) is 10.5 Å². The summed E-state index contributed by atoms with van der Waals surface area (Å²) in [7, 11) is 1.62. The molecule has 5 nitrogen and oxygen atoms in total. The average molecular weight is 361 g/mol. The van der Waals surface area contributed by atoms with E-state index in [9.17, 15) is 4.79 Å². The molecule has 0 unspecified atom stereocenters. The summed E-state index contributed by atoms with van der Waals surface area (Å²) in [4.78, 5) is 11.8. The normalized spacial score (nSPS) is 10.8. The molecule has 0 saturated heterocycles. The van der Waals surface area contributed by atoms with Gasteiger partial charge in [-0.25, -0.2) is 5.43 Å². The minimum Gasteiger partial charge on any atom is -0.496 e. The lowest BCUT2D eigenvalue weighted by molar-refractivity contribution is -0.123. The van der Waals surface area contributed by atoms with Crippen LogP contribution in [0.4, 0.5) is 0 Å². The van der Waals surface area contributed by atoms with Gasteiger partial charge in [-0.05, 0) is 73.4 Å². The summed E-state index contributed by atoms with van der Waals surface area (Å²) in [5, 5.41) is 4.64. The van der Waals surface area contributed by atoms with Crippen molar-refractivity contribution in [2.45, 2.75) is 20.8 Å². The van der Waals surface area contributed by atoms with Crippen LogP contribution < -0.4 is 14.9 Å². The van der Waals surface area contributed by atoms with E-state index in [0.717, 1.165) is 28.0 Å². The van der Waals surface area contributed by atoms with Gasteiger partial charge in [0, 0.05) is 5.02 Å². The van der Waals surface area contributed by atoms with E-state index in [1.807, 2.05) is 39.0 Å². The smallest absolute Gasteiger partial charge is 0.277 e. The highest BCUT2D eigenvalue weighted by Gasteiger charge is 2.06. The Labute approximate surface area is 152 Å². The highest BCUT2D eigenvalue weighted by Crippen LogP contribution is 2.25. The average Bonchev–Trinajstić information content (AvgIpc) is 2.58. The lowest BCUT2D eigenvalue weighted by atomic mass is 10.1. The Balaban J connectivity index is 1.87. The number of nitrogens with one attached hydrogen (secondary N) is 1. The second-order valence-corrected chi connectivity index (χ2v) is 6.06. The summed E-state index contributed by atoms with van der Waals surface area (Å²) in [6.07, 6.45) is 1.57. The number of nitrogens with zero attached hydrogens (tertiary/aromatic N) is 1. The van der Waals surface area contributed by atoms with Crippen LogP contribution >= 0.6 is 11.6 Å². The van der Waals surface area contributed by atoms with E-state index >= 15 is 0 Å². The van der Waals surface area contributed by atoms with E-state index in [1.165, 1.54) is 0 Å². The van der Waals surface area contributed by atoms with Gasteiger partial charge in [-0.15, -0.1) is 0 Å². The third-order valence-electron chi connectivity index (χ3n) is 3.60. The first-order chi connectivity index (χ1) is 11.9. The standard InChI is InChI=1S/C19H21ClN2O3/c1-12-7-15(5-6-17(12)24-4)10-21-22-18(23)11-25-16-8-13(2)19(20)14(3)9-16/h5-10H,11H2,1-4H3,(H,22,23)/b21-10+. The molecule has 25 heavy (non-hydrogen) atoms. The predicted octanol–water partition coefficient (Wildman–Crippen LogP) is 3.80. The molecule has 2 aromatic carbocycles. The molecule has 1 amide bonds. The fourth-order valence-electron chi connectivity index (χ4n) is 2.33. The summed E-state index contributed by atoms with van der Waals surface area (Å²) in [5.74, 6) is 1.07. The van der Waals surface area contributed by atoms with Crippen molar-refractivity contribution in [2.75, 3.05) is 13.7 Å². The van der Waals surface area contributed by atoms with Gasteiger partial charge in [-0.3, -0.25) is 4.79 Å². The molecule has 0 atom stereocenters. The van der Waals surface area contributed by atoms with Crippen molar-refractivity contribution in [1.82, 2.24) is 5.43 Å². The fourth-order valence-corrected chi connectivity index (χ4v) is 2.44. The van der Waals surface area contributed by atoms with Gasteiger partial charge >= 0.3 is 0 Å². The van der Waals surface area contributed by atoms with Gasteiger partial charge in [-0.2, -0.15) is 5.10 Å². The van der Waals surface area contributed by atoms with Gasteiger partial charge in [0.15, 0.2) is 6.61 Å². The summed E-state index contributed by atoms with van der Waals surface area (Å²) in [6, 6.07) is 9.23. The largest absolute Gasteiger partial charge is 0.496 e. The highest BCUT2D eigenvalue weighted by molar-refractivity contribution is 6.32. The van der Waals surface area contributed by atoms with Crippen molar-refractivity contribution >= 4 is 23.7 Å². The number of rotatable bonds is 6. The Morgan fingerprint density at radius 1 is 1.16 bits per heavy atom. The molecule has 2 rings (SSSR count). The molecule has 1 N–H and O–H groups in total. The molecule has 0 radical (unpaired) electrons. The van der Waals surface area contributed by atoms with Crippen molar-refractivity contribution < 1.29 is 14.3 Å². The topological polar surface area (TPSA) is 59.9 Å². The van der Waals surface area contributed by atoms with Crippen LogP contribution in [0.15, 0.2) is 35.4 Å². The van der Waals surface area contributed by atoms with E-state index < -0.39 is 0 Å². The quantitative estimate of drug-likeness (QED) is 0.629. The first-order valence-electron chi connectivity index (χ1n) is 7.77. The second kappa shape index (κ2) is 8.53. The van der Waals surface area contributed by atoms with Crippen molar-refractivity contribution in [1.29, 1.82) is 0 Å². The number of carbonyl (C=O) groups excluding carboxylic acids is 1.